The number of aryl methyl sites for hydroxylation is 1. The first-order valence-corrected chi connectivity index (χ1v) is 8.32. The summed E-state index contributed by atoms with van der Waals surface area (Å²) in [6.07, 6.45) is 9.35. The van der Waals surface area contributed by atoms with Crippen LogP contribution in [0.15, 0.2) is 5.38 Å². The van der Waals surface area contributed by atoms with Gasteiger partial charge >= 0.3 is 0 Å². The summed E-state index contributed by atoms with van der Waals surface area (Å²) >= 11 is 1.79. The number of nitrogens with zero attached hydrogens (tertiary/aromatic N) is 1. The summed E-state index contributed by atoms with van der Waals surface area (Å²) in [7, 11) is 0. The van der Waals surface area contributed by atoms with Crippen molar-refractivity contribution >= 4 is 11.3 Å². The second-order valence-electron chi connectivity index (χ2n) is 5.52. The normalized spacial score (nSPS) is 25.0. The zero-order valence-corrected chi connectivity index (χ0v) is 12.6. The average Bonchev–Trinajstić information content (AvgIpc) is 2.64. The summed E-state index contributed by atoms with van der Waals surface area (Å²) in [5.41, 5.74) is 1.31. The molecule has 1 N–H and O–H groups in total. The Morgan fingerprint density at radius 2 is 2.17 bits per heavy atom. The highest BCUT2D eigenvalue weighted by molar-refractivity contribution is 7.09. The molecule has 0 aromatic carbocycles. The predicted molar refractivity (Wildman–Crippen MR) is 79.2 cm³/mol. The van der Waals surface area contributed by atoms with E-state index >= 15 is 0 Å². The maximum Gasteiger partial charge on any atom is 0.0897 e. The van der Waals surface area contributed by atoms with Crippen molar-refractivity contribution in [1.29, 1.82) is 0 Å². The van der Waals surface area contributed by atoms with Crippen LogP contribution >= 0.6 is 11.3 Å². The Morgan fingerprint density at radius 1 is 1.33 bits per heavy atom. The molecule has 3 heteroatoms. The van der Waals surface area contributed by atoms with Crippen LogP contribution in [-0.2, 0) is 6.42 Å². The molecule has 2 nitrogen and oxygen atoms in total. The molecule has 0 aliphatic heterocycles. The van der Waals surface area contributed by atoms with Crippen LogP contribution < -0.4 is 5.32 Å². The molecule has 1 aliphatic carbocycles. The van der Waals surface area contributed by atoms with Gasteiger partial charge in [0.05, 0.1) is 10.7 Å². The van der Waals surface area contributed by atoms with Crippen molar-refractivity contribution in [2.75, 3.05) is 6.54 Å². The molecular formula is C15H26N2S. The first-order chi connectivity index (χ1) is 8.79. The lowest BCUT2D eigenvalue weighted by atomic mass is 9.90. The smallest absolute Gasteiger partial charge is 0.0897 e. The molecule has 1 heterocycles. The van der Waals surface area contributed by atoms with Crippen molar-refractivity contribution < 1.29 is 0 Å². The SMILES string of the molecule is CCCNC1CCCCCC1Cc1csc(C)n1. The summed E-state index contributed by atoms with van der Waals surface area (Å²) in [6, 6.07) is 0.717. The van der Waals surface area contributed by atoms with Gasteiger partial charge in [0, 0.05) is 11.4 Å². The van der Waals surface area contributed by atoms with Crippen molar-refractivity contribution in [3.63, 3.8) is 0 Å². The summed E-state index contributed by atoms with van der Waals surface area (Å²) in [5.74, 6) is 0.792. The van der Waals surface area contributed by atoms with E-state index in [9.17, 15) is 0 Å². The Morgan fingerprint density at radius 3 is 2.89 bits per heavy atom. The summed E-state index contributed by atoms with van der Waals surface area (Å²) in [4.78, 5) is 4.64. The number of hydrogen-bond donors (Lipinski definition) is 1. The van der Waals surface area contributed by atoms with E-state index in [1.165, 1.54) is 55.6 Å². The summed E-state index contributed by atoms with van der Waals surface area (Å²) < 4.78 is 0. The van der Waals surface area contributed by atoms with Gasteiger partial charge in [-0.05, 0) is 45.1 Å². The number of nitrogens with one attached hydrogen (secondary N) is 1. The van der Waals surface area contributed by atoms with Crippen LogP contribution in [0.3, 0.4) is 0 Å². The highest BCUT2D eigenvalue weighted by Crippen LogP contribution is 2.27. The zero-order chi connectivity index (χ0) is 12.8. The molecule has 1 aliphatic rings. The molecule has 0 radical (unpaired) electrons. The van der Waals surface area contributed by atoms with Gasteiger partial charge < -0.3 is 5.32 Å². The molecule has 0 bridgehead atoms. The minimum absolute atomic E-state index is 0.717. The Labute approximate surface area is 115 Å². The Bertz CT molecular complexity index is 348. The lowest BCUT2D eigenvalue weighted by molar-refractivity contribution is 0.331. The number of rotatable bonds is 5. The Balaban J connectivity index is 1.96. The maximum absolute atomic E-state index is 4.64. The van der Waals surface area contributed by atoms with E-state index in [2.05, 4.69) is 29.5 Å². The first kappa shape index (κ1) is 14.0. The van der Waals surface area contributed by atoms with Crippen LogP contribution in [-0.4, -0.2) is 17.6 Å². The molecule has 0 amide bonds. The molecule has 2 unspecified atom stereocenters. The van der Waals surface area contributed by atoms with Crippen LogP contribution in [0.5, 0.6) is 0 Å². The summed E-state index contributed by atoms with van der Waals surface area (Å²) in [5, 5.41) is 7.22. The van der Waals surface area contributed by atoms with Gasteiger partial charge in [-0.3, -0.25) is 0 Å². The van der Waals surface area contributed by atoms with E-state index in [4.69, 9.17) is 0 Å². The van der Waals surface area contributed by atoms with Gasteiger partial charge in [-0.15, -0.1) is 11.3 Å². The maximum atomic E-state index is 4.64. The standard InChI is InChI=1S/C15H26N2S/c1-3-9-16-15-8-6-4-5-7-13(15)10-14-11-18-12(2)17-14/h11,13,15-16H,3-10H2,1-2H3. The van der Waals surface area contributed by atoms with Crippen LogP contribution in [0.25, 0.3) is 0 Å². The molecule has 0 spiro atoms. The Kier molecular flexibility index (Phi) is 5.64. The summed E-state index contributed by atoms with van der Waals surface area (Å²) in [6.45, 7) is 5.52. The third-order valence-corrected chi connectivity index (χ3v) is 4.78. The molecule has 1 saturated carbocycles. The van der Waals surface area contributed by atoms with Gasteiger partial charge in [0.2, 0.25) is 0 Å². The van der Waals surface area contributed by atoms with Gasteiger partial charge in [-0.25, -0.2) is 4.98 Å². The third kappa shape index (κ3) is 4.06. The van der Waals surface area contributed by atoms with Crippen LogP contribution in [0.4, 0.5) is 0 Å². The predicted octanol–water partition coefficient (Wildman–Crippen LogP) is 3.94. The number of aromatic nitrogens is 1. The molecular weight excluding hydrogens is 240 g/mol. The zero-order valence-electron chi connectivity index (χ0n) is 11.7. The number of thiazole rings is 1. The van der Waals surface area contributed by atoms with Crippen molar-refractivity contribution in [2.45, 2.75) is 64.8 Å². The lowest BCUT2D eigenvalue weighted by Crippen LogP contribution is -2.37. The minimum Gasteiger partial charge on any atom is -0.314 e. The number of hydrogen-bond acceptors (Lipinski definition) is 3. The molecule has 102 valence electrons. The van der Waals surface area contributed by atoms with Gasteiger partial charge in [0.15, 0.2) is 0 Å². The monoisotopic (exact) mass is 266 g/mol. The van der Waals surface area contributed by atoms with Gasteiger partial charge in [0.25, 0.3) is 0 Å². The minimum atomic E-state index is 0.717. The van der Waals surface area contributed by atoms with Crippen molar-refractivity contribution in [2.24, 2.45) is 5.92 Å². The fourth-order valence-corrected chi connectivity index (χ4v) is 3.62. The van der Waals surface area contributed by atoms with E-state index in [-0.39, 0.29) is 0 Å². The largest absolute Gasteiger partial charge is 0.314 e. The van der Waals surface area contributed by atoms with Gasteiger partial charge in [0.1, 0.15) is 0 Å². The molecule has 18 heavy (non-hydrogen) atoms. The molecule has 1 aromatic heterocycles. The third-order valence-electron chi connectivity index (χ3n) is 3.95. The van der Waals surface area contributed by atoms with Crippen molar-refractivity contribution in [1.82, 2.24) is 10.3 Å². The van der Waals surface area contributed by atoms with Gasteiger partial charge in [-0.1, -0.05) is 26.2 Å². The van der Waals surface area contributed by atoms with E-state index in [0.717, 1.165) is 18.5 Å². The molecule has 2 rings (SSSR count). The lowest BCUT2D eigenvalue weighted by Gasteiger charge is -2.25. The van der Waals surface area contributed by atoms with Crippen molar-refractivity contribution in [3.05, 3.63) is 16.1 Å². The molecule has 2 atom stereocenters. The second-order valence-corrected chi connectivity index (χ2v) is 6.58. The molecule has 0 saturated heterocycles. The fraction of sp³-hybridized carbons (Fsp3) is 0.800. The molecule has 1 aromatic rings. The topological polar surface area (TPSA) is 24.9 Å². The van der Waals surface area contributed by atoms with Crippen LogP contribution in [0, 0.1) is 12.8 Å². The highest BCUT2D eigenvalue weighted by atomic mass is 32.1. The second kappa shape index (κ2) is 7.25. The van der Waals surface area contributed by atoms with E-state index in [1.807, 2.05) is 0 Å². The van der Waals surface area contributed by atoms with E-state index < -0.39 is 0 Å². The molecule has 1 fully saturated rings. The highest BCUT2D eigenvalue weighted by Gasteiger charge is 2.23. The van der Waals surface area contributed by atoms with Crippen molar-refractivity contribution in [3.8, 4) is 0 Å². The van der Waals surface area contributed by atoms with Crippen LogP contribution in [0.1, 0.15) is 56.2 Å². The average molecular weight is 266 g/mol. The first-order valence-electron chi connectivity index (χ1n) is 7.44. The van der Waals surface area contributed by atoms with E-state index in [1.54, 1.807) is 11.3 Å². The van der Waals surface area contributed by atoms with Gasteiger partial charge in [-0.2, -0.15) is 0 Å². The fourth-order valence-electron chi connectivity index (χ4n) is 3.00. The Hall–Kier alpha value is -0.410. The van der Waals surface area contributed by atoms with E-state index in [0.29, 0.717) is 0 Å². The quantitative estimate of drug-likeness (QED) is 0.816. The van der Waals surface area contributed by atoms with Crippen LogP contribution in [0.2, 0.25) is 0 Å².